The van der Waals surface area contributed by atoms with Crippen LogP contribution in [0.1, 0.15) is 13.8 Å². The number of nitrogens with zero attached hydrogens (tertiary/aromatic N) is 4. The van der Waals surface area contributed by atoms with E-state index in [9.17, 15) is 4.79 Å². The fourth-order valence-corrected chi connectivity index (χ4v) is 3.88. The van der Waals surface area contributed by atoms with Crippen LogP contribution < -0.4 is 4.90 Å². The minimum atomic E-state index is -0.773. The van der Waals surface area contributed by atoms with Crippen LogP contribution >= 0.6 is 11.3 Å². The van der Waals surface area contributed by atoms with Crippen molar-refractivity contribution in [2.45, 2.75) is 25.9 Å². The molecule has 1 aliphatic rings. The predicted octanol–water partition coefficient (Wildman–Crippen LogP) is 1.67. The molecular formula is C14H18N4O2S. The SMILES string of the molecule is CC1CN(CC(=O)O)CC(C)N1c1ncnc2sccc12. The molecule has 2 unspecified atom stereocenters. The van der Waals surface area contributed by atoms with E-state index in [0.717, 1.165) is 29.1 Å². The van der Waals surface area contributed by atoms with Gasteiger partial charge >= 0.3 is 5.97 Å². The second-order valence-electron chi connectivity index (χ2n) is 5.53. The number of carboxylic acid groups (broad SMARTS) is 1. The molecule has 1 aliphatic heterocycles. The molecule has 6 nitrogen and oxygen atoms in total. The lowest BCUT2D eigenvalue weighted by atomic mass is 10.1. The highest BCUT2D eigenvalue weighted by Crippen LogP contribution is 2.31. The van der Waals surface area contributed by atoms with Crippen LogP contribution in [0.2, 0.25) is 0 Å². The van der Waals surface area contributed by atoms with Gasteiger partial charge in [-0.2, -0.15) is 0 Å². The van der Waals surface area contributed by atoms with Gasteiger partial charge in [-0.25, -0.2) is 9.97 Å². The standard InChI is InChI=1S/C14H18N4O2S/c1-9-5-17(7-12(19)20)6-10(2)18(9)13-11-3-4-21-14(11)16-8-15-13/h3-4,8-10H,5-7H2,1-2H3,(H,19,20). The third-order valence-electron chi connectivity index (χ3n) is 3.84. The van der Waals surface area contributed by atoms with E-state index >= 15 is 0 Å². The molecule has 0 spiro atoms. The number of piperazine rings is 1. The molecular weight excluding hydrogens is 288 g/mol. The molecule has 2 aromatic heterocycles. The molecule has 21 heavy (non-hydrogen) atoms. The van der Waals surface area contributed by atoms with Gasteiger partial charge in [0.2, 0.25) is 0 Å². The summed E-state index contributed by atoms with van der Waals surface area (Å²) in [6.45, 7) is 5.79. The third-order valence-corrected chi connectivity index (χ3v) is 4.66. The summed E-state index contributed by atoms with van der Waals surface area (Å²) in [5, 5.41) is 12.1. The van der Waals surface area contributed by atoms with E-state index in [-0.39, 0.29) is 18.6 Å². The first kappa shape index (κ1) is 14.2. The van der Waals surface area contributed by atoms with Crippen molar-refractivity contribution in [3.63, 3.8) is 0 Å². The Kier molecular flexibility index (Phi) is 3.77. The van der Waals surface area contributed by atoms with Gasteiger partial charge in [0.25, 0.3) is 0 Å². The van der Waals surface area contributed by atoms with Gasteiger partial charge < -0.3 is 10.0 Å². The number of aromatic nitrogens is 2. The minimum absolute atomic E-state index is 0.0974. The number of anilines is 1. The lowest BCUT2D eigenvalue weighted by molar-refractivity contribution is -0.138. The molecule has 0 amide bonds. The fraction of sp³-hybridized carbons (Fsp3) is 0.500. The summed E-state index contributed by atoms with van der Waals surface area (Å²) in [6.07, 6.45) is 1.61. The predicted molar refractivity (Wildman–Crippen MR) is 82.9 cm³/mol. The van der Waals surface area contributed by atoms with Crippen LogP contribution in [0.5, 0.6) is 0 Å². The van der Waals surface area contributed by atoms with Crippen molar-refractivity contribution in [3.8, 4) is 0 Å². The van der Waals surface area contributed by atoms with E-state index in [1.165, 1.54) is 0 Å². The molecule has 3 rings (SSSR count). The number of fused-ring (bicyclic) bond motifs is 1. The summed E-state index contributed by atoms with van der Waals surface area (Å²) in [5.41, 5.74) is 0. The molecule has 7 heteroatoms. The lowest BCUT2D eigenvalue weighted by Gasteiger charge is -2.44. The molecule has 1 fully saturated rings. The number of rotatable bonds is 3. The van der Waals surface area contributed by atoms with Gasteiger partial charge in [0.1, 0.15) is 17.0 Å². The van der Waals surface area contributed by atoms with Crippen LogP contribution in [0.4, 0.5) is 5.82 Å². The summed E-state index contributed by atoms with van der Waals surface area (Å²) in [4.78, 5) is 24.9. The van der Waals surface area contributed by atoms with Crippen LogP contribution in [0.3, 0.4) is 0 Å². The lowest BCUT2D eigenvalue weighted by Crippen LogP contribution is -2.58. The van der Waals surface area contributed by atoms with Gasteiger partial charge in [0.05, 0.1) is 11.9 Å². The monoisotopic (exact) mass is 306 g/mol. The van der Waals surface area contributed by atoms with E-state index < -0.39 is 5.97 Å². The fourth-order valence-electron chi connectivity index (χ4n) is 3.15. The van der Waals surface area contributed by atoms with E-state index in [1.807, 2.05) is 10.3 Å². The number of carbonyl (C=O) groups is 1. The van der Waals surface area contributed by atoms with E-state index in [4.69, 9.17) is 5.11 Å². The van der Waals surface area contributed by atoms with Crippen molar-refractivity contribution in [2.75, 3.05) is 24.5 Å². The number of hydrogen-bond donors (Lipinski definition) is 1. The van der Waals surface area contributed by atoms with E-state index in [2.05, 4.69) is 34.8 Å². The van der Waals surface area contributed by atoms with Crippen LogP contribution in [-0.2, 0) is 4.79 Å². The Morgan fingerprint density at radius 1 is 1.38 bits per heavy atom. The second-order valence-corrected chi connectivity index (χ2v) is 6.42. The zero-order valence-corrected chi connectivity index (χ0v) is 12.9. The van der Waals surface area contributed by atoms with Crippen molar-refractivity contribution in [1.82, 2.24) is 14.9 Å². The Morgan fingerprint density at radius 3 is 2.76 bits per heavy atom. The summed E-state index contributed by atoms with van der Waals surface area (Å²) < 4.78 is 0. The first-order valence-electron chi connectivity index (χ1n) is 6.97. The van der Waals surface area contributed by atoms with E-state index in [0.29, 0.717) is 0 Å². The highest BCUT2D eigenvalue weighted by atomic mass is 32.1. The van der Waals surface area contributed by atoms with Crippen molar-refractivity contribution in [3.05, 3.63) is 17.8 Å². The number of thiophene rings is 1. The Morgan fingerprint density at radius 2 is 2.10 bits per heavy atom. The largest absolute Gasteiger partial charge is 0.480 e. The molecule has 0 bridgehead atoms. The number of hydrogen-bond acceptors (Lipinski definition) is 6. The molecule has 3 heterocycles. The summed E-state index contributed by atoms with van der Waals surface area (Å²) in [6, 6.07) is 2.48. The minimum Gasteiger partial charge on any atom is -0.480 e. The van der Waals surface area contributed by atoms with Gasteiger partial charge in [-0.3, -0.25) is 9.69 Å². The maximum absolute atomic E-state index is 10.9. The Labute approximate surface area is 127 Å². The maximum atomic E-state index is 10.9. The first-order valence-corrected chi connectivity index (χ1v) is 7.85. The van der Waals surface area contributed by atoms with Gasteiger partial charge in [-0.05, 0) is 25.3 Å². The third kappa shape index (κ3) is 2.71. The number of aliphatic carboxylic acids is 1. The van der Waals surface area contributed by atoms with Crippen molar-refractivity contribution < 1.29 is 9.90 Å². The topological polar surface area (TPSA) is 69.6 Å². The van der Waals surface area contributed by atoms with E-state index in [1.54, 1.807) is 17.7 Å². The second kappa shape index (κ2) is 5.57. The Balaban J connectivity index is 1.89. The Bertz CT molecular complexity index is 647. The van der Waals surface area contributed by atoms with Crippen LogP contribution in [-0.4, -0.2) is 57.7 Å². The van der Waals surface area contributed by atoms with Crippen molar-refractivity contribution >= 4 is 33.3 Å². The van der Waals surface area contributed by atoms with Gasteiger partial charge in [-0.1, -0.05) is 0 Å². The highest BCUT2D eigenvalue weighted by molar-refractivity contribution is 7.16. The normalized spacial score (nSPS) is 23.6. The zero-order chi connectivity index (χ0) is 15.0. The zero-order valence-electron chi connectivity index (χ0n) is 12.1. The van der Waals surface area contributed by atoms with Gasteiger partial charge in [0.15, 0.2) is 0 Å². The molecule has 1 N–H and O–H groups in total. The number of carboxylic acids is 1. The molecule has 2 atom stereocenters. The quantitative estimate of drug-likeness (QED) is 0.930. The summed E-state index contributed by atoms with van der Waals surface area (Å²) >= 11 is 1.61. The van der Waals surface area contributed by atoms with Crippen molar-refractivity contribution in [2.24, 2.45) is 0 Å². The van der Waals surface area contributed by atoms with Crippen LogP contribution in [0.25, 0.3) is 10.2 Å². The molecule has 0 radical (unpaired) electrons. The Hall–Kier alpha value is -1.73. The van der Waals surface area contributed by atoms with Crippen LogP contribution in [0, 0.1) is 0 Å². The average molecular weight is 306 g/mol. The summed E-state index contributed by atoms with van der Waals surface area (Å²) in [7, 11) is 0. The average Bonchev–Trinajstić information content (AvgIpc) is 2.86. The molecule has 0 aliphatic carbocycles. The summed E-state index contributed by atoms with van der Waals surface area (Å²) in [5.74, 6) is 0.182. The molecule has 112 valence electrons. The molecule has 0 aromatic carbocycles. The molecule has 2 aromatic rings. The first-order chi connectivity index (χ1) is 10.1. The molecule has 0 saturated carbocycles. The smallest absolute Gasteiger partial charge is 0.317 e. The highest BCUT2D eigenvalue weighted by Gasteiger charge is 2.32. The van der Waals surface area contributed by atoms with Crippen LogP contribution in [0.15, 0.2) is 17.8 Å². The van der Waals surface area contributed by atoms with Crippen molar-refractivity contribution in [1.29, 1.82) is 0 Å². The van der Waals surface area contributed by atoms with Gasteiger partial charge in [-0.15, -0.1) is 11.3 Å². The van der Waals surface area contributed by atoms with Gasteiger partial charge in [0, 0.05) is 25.2 Å². The maximum Gasteiger partial charge on any atom is 0.317 e. The molecule has 1 saturated heterocycles.